The van der Waals surface area contributed by atoms with Gasteiger partial charge in [0, 0.05) is 18.2 Å². The number of anilines is 1. The maximum absolute atomic E-state index is 12.6. The molecule has 0 heterocycles. The van der Waals surface area contributed by atoms with E-state index < -0.39 is 0 Å². The fourth-order valence-electron chi connectivity index (χ4n) is 2.14. The molecule has 0 radical (unpaired) electrons. The quantitative estimate of drug-likeness (QED) is 0.778. The van der Waals surface area contributed by atoms with Crippen molar-refractivity contribution < 1.29 is 4.79 Å². The standard InChI is InChI=1S/C17H27NO/c1-7-14(3)18(16(19)12-17(4,5)6)15-10-8-9-13(2)11-15/h8-11,14H,7,12H2,1-6H3. The molecule has 0 bridgehead atoms. The topological polar surface area (TPSA) is 20.3 Å². The van der Waals surface area contributed by atoms with Crippen molar-refractivity contribution in [3.8, 4) is 0 Å². The molecule has 0 aliphatic rings. The van der Waals surface area contributed by atoms with Gasteiger partial charge in [-0.15, -0.1) is 0 Å². The lowest BCUT2D eigenvalue weighted by atomic mass is 9.91. The fourth-order valence-corrected chi connectivity index (χ4v) is 2.14. The lowest BCUT2D eigenvalue weighted by Crippen LogP contribution is -2.40. The van der Waals surface area contributed by atoms with Crippen LogP contribution in [0, 0.1) is 12.3 Å². The Morgan fingerprint density at radius 1 is 1.32 bits per heavy atom. The molecule has 1 aromatic carbocycles. The van der Waals surface area contributed by atoms with E-state index in [-0.39, 0.29) is 17.4 Å². The Labute approximate surface area is 117 Å². The zero-order valence-corrected chi connectivity index (χ0v) is 13.2. The minimum Gasteiger partial charge on any atom is -0.310 e. The first kappa shape index (κ1) is 15.7. The van der Waals surface area contributed by atoms with E-state index in [1.54, 1.807) is 0 Å². The molecule has 0 aliphatic heterocycles. The minimum absolute atomic E-state index is 0.0205. The Balaban J connectivity index is 3.05. The molecule has 0 saturated heterocycles. The van der Waals surface area contributed by atoms with Crippen LogP contribution in [-0.4, -0.2) is 11.9 Å². The van der Waals surface area contributed by atoms with Crippen LogP contribution in [0.1, 0.15) is 53.0 Å². The molecule has 0 aliphatic carbocycles. The Morgan fingerprint density at radius 3 is 2.42 bits per heavy atom. The number of aryl methyl sites for hydroxylation is 1. The fraction of sp³-hybridized carbons (Fsp3) is 0.588. The van der Waals surface area contributed by atoms with Gasteiger partial charge in [0.15, 0.2) is 0 Å². The van der Waals surface area contributed by atoms with Crippen molar-refractivity contribution in [2.24, 2.45) is 5.41 Å². The summed E-state index contributed by atoms with van der Waals surface area (Å²) in [7, 11) is 0. The predicted octanol–water partition coefficient (Wildman–Crippen LogP) is 4.56. The van der Waals surface area contributed by atoms with E-state index >= 15 is 0 Å². The van der Waals surface area contributed by atoms with Gasteiger partial charge in [0.05, 0.1) is 0 Å². The van der Waals surface area contributed by atoms with Gasteiger partial charge in [0.1, 0.15) is 0 Å². The van der Waals surface area contributed by atoms with Crippen molar-refractivity contribution in [2.75, 3.05) is 4.90 Å². The first-order valence-corrected chi connectivity index (χ1v) is 7.13. The summed E-state index contributed by atoms with van der Waals surface area (Å²) in [5.74, 6) is 0.215. The van der Waals surface area contributed by atoms with Crippen LogP contribution in [0.4, 0.5) is 5.69 Å². The van der Waals surface area contributed by atoms with Crippen LogP contribution in [0.15, 0.2) is 24.3 Å². The van der Waals surface area contributed by atoms with Crippen LogP contribution in [0.3, 0.4) is 0 Å². The maximum atomic E-state index is 12.6. The molecule has 1 aromatic rings. The van der Waals surface area contributed by atoms with Crippen molar-refractivity contribution in [1.82, 2.24) is 0 Å². The van der Waals surface area contributed by atoms with Crippen molar-refractivity contribution >= 4 is 11.6 Å². The van der Waals surface area contributed by atoms with Gasteiger partial charge in [-0.2, -0.15) is 0 Å². The van der Waals surface area contributed by atoms with E-state index in [2.05, 4.69) is 53.7 Å². The third-order valence-electron chi connectivity index (χ3n) is 3.26. The summed E-state index contributed by atoms with van der Waals surface area (Å²) in [6, 6.07) is 8.43. The van der Waals surface area contributed by atoms with Crippen LogP contribution < -0.4 is 4.90 Å². The molecule has 1 amide bonds. The van der Waals surface area contributed by atoms with Gasteiger partial charge in [-0.05, 0) is 43.4 Å². The smallest absolute Gasteiger partial charge is 0.227 e. The number of hydrogen-bond donors (Lipinski definition) is 0. The second-order valence-corrected chi connectivity index (χ2v) is 6.60. The summed E-state index contributed by atoms with van der Waals surface area (Å²) < 4.78 is 0. The summed E-state index contributed by atoms with van der Waals surface area (Å²) in [6.07, 6.45) is 1.54. The average Bonchev–Trinajstić information content (AvgIpc) is 2.26. The molecule has 19 heavy (non-hydrogen) atoms. The highest BCUT2D eigenvalue weighted by molar-refractivity contribution is 5.94. The van der Waals surface area contributed by atoms with Gasteiger partial charge in [-0.25, -0.2) is 0 Å². The Morgan fingerprint density at radius 2 is 1.95 bits per heavy atom. The molecule has 1 rings (SSSR count). The predicted molar refractivity (Wildman–Crippen MR) is 82.5 cm³/mol. The lowest BCUT2D eigenvalue weighted by molar-refractivity contribution is -0.120. The molecule has 106 valence electrons. The van der Waals surface area contributed by atoms with Gasteiger partial charge in [0.25, 0.3) is 0 Å². The molecule has 0 fully saturated rings. The van der Waals surface area contributed by atoms with Gasteiger partial charge >= 0.3 is 0 Å². The van der Waals surface area contributed by atoms with Crippen LogP contribution in [0.2, 0.25) is 0 Å². The molecule has 0 N–H and O–H groups in total. The van der Waals surface area contributed by atoms with Gasteiger partial charge in [-0.3, -0.25) is 4.79 Å². The molecular weight excluding hydrogens is 234 g/mol. The van der Waals surface area contributed by atoms with Crippen LogP contribution in [0.5, 0.6) is 0 Å². The number of carbonyl (C=O) groups is 1. The molecule has 2 heteroatoms. The number of nitrogens with zero attached hydrogens (tertiary/aromatic N) is 1. The summed E-state index contributed by atoms with van der Waals surface area (Å²) in [5.41, 5.74) is 2.23. The largest absolute Gasteiger partial charge is 0.310 e. The summed E-state index contributed by atoms with van der Waals surface area (Å²) >= 11 is 0. The molecule has 0 aromatic heterocycles. The molecular formula is C17H27NO. The first-order chi connectivity index (χ1) is 8.74. The van der Waals surface area contributed by atoms with Crippen LogP contribution >= 0.6 is 0 Å². The third-order valence-corrected chi connectivity index (χ3v) is 3.26. The highest BCUT2D eigenvalue weighted by atomic mass is 16.2. The van der Waals surface area contributed by atoms with Crippen LogP contribution in [0.25, 0.3) is 0 Å². The van der Waals surface area contributed by atoms with Crippen molar-refractivity contribution in [1.29, 1.82) is 0 Å². The van der Waals surface area contributed by atoms with Gasteiger partial charge in [0.2, 0.25) is 5.91 Å². The Kier molecular flexibility index (Phi) is 5.16. The average molecular weight is 261 g/mol. The van der Waals surface area contributed by atoms with Crippen molar-refractivity contribution in [2.45, 2.75) is 60.4 Å². The number of carbonyl (C=O) groups excluding carboxylic acids is 1. The lowest BCUT2D eigenvalue weighted by Gasteiger charge is -2.31. The monoisotopic (exact) mass is 261 g/mol. The number of amides is 1. The zero-order chi connectivity index (χ0) is 14.6. The van der Waals surface area contributed by atoms with Gasteiger partial charge in [-0.1, -0.05) is 39.8 Å². The normalized spacial score (nSPS) is 13.2. The van der Waals surface area contributed by atoms with E-state index in [1.807, 2.05) is 17.0 Å². The second-order valence-electron chi connectivity index (χ2n) is 6.60. The van der Waals surface area contributed by atoms with Crippen molar-refractivity contribution in [3.63, 3.8) is 0 Å². The SMILES string of the molecule is CCC(C)N(C(=O)CC(C)(C)C)c1cccc(C)c1. The molecule has 1 unspecified atom stereocenters. The molecule has 0 spiro atoms. The molecule has 0 saturated carbocycles. The molecule has 1 atom stereocenters. The number of benzene rings is 1. The second kappa shape index (κ2) is 6.23. The highest BCUT2D eigenvalue weighted by Gasteiger charge is 2.25. The molecule has 2 nitrogen and oxygen atoms in total. The summed E-state index contributed by atoms with van der Waals surface area (Å²) in [6.45, 7) is 12.6. The van der Waals surface area contributed by atoms with E-state index in [9.17, 15) is 4.79 Å². The first-order valence-electron chi connectivity index (χ1n) is 7.13. The Bertz CT molecular complexity index is 431. The maximum Gasteiger partial charge on any atom is 0.227 e. The Hall–Kier alpha value is -1.31. The highest BCUT2D eigenvalue weighted by Crippen LogP contribution is 2.26. The van der Waals surface area contributed by atoms with E-state index in [4.69, 9.17) is 0 Å². The number of hydrogen-bond acceptors (Lipinski definition) is 1. The van der Waals surface area contributed by atoms with E-state index in [1.165, 1.54) is 5.56 Å². The third kappa shape index (κ3) is 4.70. The summed E-state index contributed by atoms with van der Waals surface area (Å²) in [5, 5.41) is 0. The zero-order valence-electron chi connectivity index (χ0n) is 13.2. The summed E-state index contributed by atoms with van der Waals surface area (Å²) in [4.78, 5) is 14.6. The van der Waals surface area contributed by atoms with Crippen molar-refractivity contribution in [3.05, 3.63) is 29.8 Å². The van der Waals surface area contributed by atoms with E-state index in [0.29, 0.717) is 6.42 Å². The van der Waals surface area contributed by atoms with Crippen LogP contribution in [-0.2, 0) is 4.79 Å². The van der Waals surface area contributed by atoms with E-state index in [0.717, 1.165) is 12.1 Å². The number of rotatable bonds is 4. The minimum atomic E-state index is 0.0205. The van der Waals surface area contributed by atoms with Gasteiger partial charge < -0.3 is 4.90 Å².